The lowest BCUT2D eigenvalue weighted by atomic mass is 10.1. The molecule has 0 fully saturated rings. The van der Waals surface area contributed by atoms with Crippen LogP contribution in [-0.2, 0) is 9.59 Å². The van der Waals surface area contributed by atoms with E-state index in [-0.39, 0.29) is 36.7 Å². The molecule has 1 atom stereocenters. The number of benzene rings is 1. The lowest BCUT2D eigenvalue weighted by Gasteiger charge is -2.15. The molecule has 0 spiro atoms. The van der Waals surface area contributed by atoms with Crippen molar-refractivity contribution >= 4 is 40.8 Å². The second-order valence-electron chi connectivity index (χ2n) is 5.66. The molecule has 126 valence electrons. The number of fused-ring (bicyclic) bond motifs is 1. The minimum atomic E-state index is -0.615. The predicted octanol–water partition coefficient (Wildman–Crippen LogP) is 1.33. The summed E-state index contributed by atoms with van der Waals surface area (Å²) in [5, 5.41) is 13.1. The molecule has 2 rings (SSSR count). The minimum absolute atomic E-state index is 0. The Labute approximate surface area is 140 Å². The molecule has 0 saturated heterocycles. The summed E-state index contributed by atoms with van der Waals surface area (Å²) < 4.78 is 0. The Morgan fingerprint density at radius 3 is 2.70 bits per heavy atom. The summed E-state index contributed by atoms with van der Waals surface area (Å²) in [5.41, 5.74) is 8.17. The standard InChI is InChI=1S/C15H21N5O2.ClH/c1-8(2)14(16)15(22)17-7-13(21)19-11-5-12-10(4-9(11)3)6-18-20-12;/h4-6,8,14H,7,16H2,1-3H3,(H,17,22)(H,18,20)(H,19,21);1H/t14-;/m0./s1. The maximum absolute atomic E-state index is 11.9. The highest BCUT2D eigenvalue weighted by molar-refractivity contribution is 5.97. The first-order valence-electron chi connectivity index (χ1n) is 7.15. The fraction of sp³-hybridized carbons (Fsp3) is 0.400. The fourth-order valence-electron chi connectivity index (χ4n) is 2.02. The number of nitrogens with two attached hydrogens (primary N) is 1. The van der Waals surface area contributed by atoms with Crippen LogP contribution in [0.1, 0.15) is 19.4 Å². The van der Waals surface area contributed by atoms with E-state index < -0.39 is 6.04 Å². The number of halogens is 1. The van der Waals surface area contributed by atoms with E-state index in [0.717, 1.165) is 16.5 Å². The summed E-state index contributed by atoms with van der Waals surface area (Å²) in [7, 11) is 0. The van der Waals surface area contributed by atoms with Crippen LogP contribution in [0, 0.1) is 12.8 Å². The van der Waals surface area contributed by atoms with Gasteiger partial charge in [0.05, 0.1) is 24.3 Å². The summed E-state index contributed by atoms with van der Waals surface area (Å²) in [6, 6.07) is 3.13. The molecule has 0 radical (unpaired) electrons. The van der Waals surface area contributed by atoms with Crippen molar-refractivity contribution in [2.24, 2.45) is 11.7 Å². The van der Waals surface area contributed by atoms with Crippen molar-refractivity contribution in [1.29, 1.82) is 0 Å². The van der Waals surface area contributed by atoms with E-state index in [1.807, 2.05) is 32.9 Å². The lowest BCUT2D eigenvalue weighted by Crippen LogP contribution is -2.46. The molecule has 0 aliphatic carbocycles. The van der Waals surface area contributed by atoms with Crippen LogP contribution in [0.5, 0.6) is 0 Å². The first-order valence-corrected chi connectivity index (χ1v) is 7.15. The Balaban J connectivity index is 0.00000264. The van der Waals surface area contributed by atoms with Crippen molar-refractivity contribution in [3.8, 4) is 0 Å². The fourth-order valence-corrected chi connectivity index (χ4v) is 2.02. The number of amides is 2. The van der Waals surface area contributed by atoms with Crippen molar-refractivity contribution in [2.75, 3.05) is 11.9 Å². The molecule has 0 saturated carbocycles. The normalized spacial score (nSPS) is 11.9. The smallest absolute Gasteiger partial charge is 0.243 e. The molecule has 1 aromatic heterocycles. The monoisotopic (exact) mass is 339 g/mol. The molecule has 23 heavy (non-hydrogen) atoms. The van der Waals surface area contributed by atoms with Gasteiger partial charge in [-0.25, -0.2) is 0 Å². The second kappa shape index (κ2) is 7.94. The largest absolute Gasteiger partial charge is 0.346 e. The maximum Gasteiger partial charge on any atom is 0.243 e. The van der Waals surface area contributed by atoms with Crippen LogP contribution >= 0.6 is 12.4 Å². The van der Waals surface area contributed by atoms with Gasteiger partial charge in [0.2, 0.25) is 11.8 Å². The summed E-state index contributed by atoms with van der Waals surface area (Å²) >= 11 is 0. The van der Waals surface area contributed by atoms with Gasteiger partial charge in [-0.1, -0.05) is 13.8 Å². The van der Waals surface area contributed by atoms with E-state index in [2.05, 4.69) is 20.8 Å². The molecule has 0 aliphatic heterocycles. The van der Waals surface area contributed by atoms with Gasteiger partial charge in [-0.2, -0.15) is 5.10 Å². The number of hydrogen-bond donors (Lipinski definition) is 4. The number of carbonyl (C=O) groups is 2. The highest BCUT2D eigenvalue weighted by Crippen LogP contribution is 2.21. The molecule has 5 N–H and O–H groups in total. The Hall–Kier alpha value is -2.12. The summed E-state index contributed by atoms with van der Waals surface area (Å²) in [4.78, 5) is 23.7. The predicted molar refractivity (Wildman–Crippen MR) is 92.5 cm³/mol. The molecule has 8 heteroatoms. The third-order valence-electron chi connectivity index (χ3n) is 3.50. The van der Waals surface area contributed by atoms with E-state index in [4.69, 9.17) is 5.73 Å². The number of nitrogens with zero attached hydrogens (tertiary/aromatic N) is 1. The quantitative estimate of drug-likeness (QED) is 0.658. The van der Waals surface area contributed by atoms with E-state index in [1.54, 1.807) is 6.20 Å². The van der Waals surface area contributed by atoms with Crippen LogP contribution in [0.25, 0.3) is 10.9 Å². The molecule has 0 aliphatic rings. The third-order valence-corrected chi connectivity index (χ3v) is 3.50. The van der Waals surface area contributed by atoms with Crippen molar-refractivity contribution < 1.29 is 9.59 Å². The van der Waals surface area contributed by atoms with Gasteiger partial charge in [-0.15, -0.1) is 12.4 Å². The molecule has 1 heterocycles. The van der Waals surface area contributed by atoms with E-state index >= 15 is 0 Å². The number of aromatic nitrogens is 2. The van der Waals surface area contributed by atoms with Crippen molar-refractivity contribution in [1.82, 2.24) is 15.5 Å². The van der Waals surface area contributed by atoms with Crippen molar-refractivity contribution in [3.63, 3.8) is 0 Å². The van der Waals surface area contributed by atoms with E-state index in [1.165, 1.54) is 0 Å². The molecular weight excluding hydrogens is 318 g/mol. The maximum atomic E-state index is 11.9. The SMILES string of the molecule is Cc1cc2cn[nH]c2cc1NC(=O)CNC(=O)[C@@H](N)C(C)C.Cl. The van der Waals surface area contributed by atoms with Crippen LogP contribution in [0.4, 0.5) is 5.69 Å². The molecule has 2 aromatic rings. The van der Waals surface area contributed by atoms with Gasteiger partial charge in [0, 0.05) is 11.1 Å². The van der Waals surface area contributed by atoms with Crippen LogP contribution < -0.4 is 16.4 Å². The number of aryl methyl sites for hydroxylation is 1. The number of nitrogens with one attached hydrogen (secondary N) is 3. The second-order valence-corrected chi connectivity index (χ2v) is 5.66. The van der Waals surface area contributed by atoms with Gasteiger partial charge in [0.15, 0.2) is 0 Å². The first kappa shape index (κ1) is 18.9. The zero-order valence-corrected chi connectivity index (χ0v) is 14.2. The average molecular weight is 340 g/mol. The molecule has 7 nitrogen and oxygen atoms in total. The molecule has 0 bridgehead atoms. The van der Waals surface area contributed by atoms with Gasteiger partial charge < -0.3 is 16.4 Å². The topological polar surface area (TPSA) is 113 Å². The van der Waals surface area contributed by atoms with Crippen LogP contribution in [0.3, 0.4) is 0 Å². The summed E-state index contributed by atoms with van der Waals surface area (Å²) in [6.45, 7) is 5.50. The molecule has 1 aromatic carbocycles. The van der Waals surface area contributed by atoms with Gasteiger partial charge in [0.25, 0.3) is 0 Å². The Kier molecular flexibility index (Phi) is 6.53. The third kappa shape index (κ3) is 4.67. The molecule has 0 unspecified atom stereocenters. The Morgan fingerprint density at radius 1 is 1.35 bits per heavy atom. The minimum Gasteiger partial charge on any atom is -0.346 e. The van der Waals surface area contributed by atoms with Gasteiger partial charge in [0.1, 0.15) is 0 Å². The van der Waals surface area contributed by atoms with Gasteiger partial charge in [-0.05, 0) is 30.5 Å². The number of anilines is 1. The number of rotatable bonds is 5. The van der Waals surface area contributed by atoms with Crippen molar-refractivity contribution in [2.45, 2.75) is 26.8 Å². The van der Waals surface area contributed by atoms with Crippen molar-refractivity contribution in [3.05, 3.63) is 23.9 Å². The number of hydrogen-bond acceptors (Lipinski definition) is 4. The van der Waals surface area contributed by atoms with Gasteiger partial charge in [-0.3, -0.25) is 14.7 Å². The summed E-state index contributed by atoms with van der Waals surface area (Å²) in [5.74, 6) is -0.606. The average Bonchev–Trinajstić information content (AvgIpc) is 2.91. The lowest BCUT2D eigenvalue weighted by molar-refractivity contribution is -0.125. The van der Waals surface area contributed by atoms with E-state index in [0.29, 0.717) is 5.69 Å². The number of H-pyrrole nitrogens is 1. The Morgan fingerprint density at radius 2 is 2.04 bits per heavy atom. The Bertz CT molecular complexity index is 698. The molecular formula is C15H22ClN5O2. The summed E-state index contributed by atoms with van der Waals surface area (Å²) in [6.07, 6.45) is 1.72. The molecule has 2 amide bonds. The number of aromatic amines is 1. The first-order chi connectivity index (χ1) is 10.4. The highest BCUT2D eigenvalue weighted by Gasteiger charge is 2.17. The number of carbonyl (C=O) groups excluding carboxylic acids is 2. The van der Waals surface area contributed by atoms with Gasteiger partial charge >= 0.3 is 0 Å². The van der Waals surface area contributed by atoms with Crippen LogP contribution in [0.2, 0.25) is 0 Å². The zero-order valence-electron chi connectivity index (χ0n) is 13.3. The van der Waals surface area contributed by atoms with Crippen LogP contribution in [-0.4, -0.2) is 34.6 Å². The zero-order chi connectivity index (χ0) is 16.3. The highest BCUT2D eigenvalue weighted by atomic mass is 35.5. The van der Waals surface area contributed by atoms with E-state index in [9.17, 15) is 9.59 Å². The van der Waals surface area contributed by atoms with Crippen LogP contribution in [0.15, 0.2) is 18.3 Å².